The summed E-state index contributed by atoms with van der Waals surface area (Å²) in [6, 6.07) is 16.1. The Morgan fingerprint density at radius 3 is 2.84 bits per heavy atom. The first-order valence-corrected chi connectivity index (χ1v) is 9.52. The van der Waals surface area contributed by atoms with E-state index in [1.165, 1.54) is 16.0 Å². The van der Waals surface area contributed by atoms with Gasteiger partial charge in [-0.05, 0) is 60.2 Å². The summed E-state index contributed by atoms with van der Waals surface area (Å²) in [5.41, 5.74) is 4.22. The van der Waals surface area contributed by atoms with E-state index in [9.17, 15) is 4.79 Å². The van der Waals surface area contributed by atoms with Crippen LogP contribution in [0.3, 0.4) is 0 Å². The van der Waals surface area contributed by atoms with Gasteiger partial charge in [-0.25, -0.2) is 4.68 Å². The molecule has 0 bridgehead atoms. The van der Waals surface area contributed by atoms with E-state index in [-0.39, 0.29) is 5.91 Å². The number of hydrogen-bond acceptors (Lipinski definition) is 3. The SMILES string of the molecule is CSc1ccc2c(c1)CCN(C(=O)c1cccc(-n3cccn3)c1)C2. The third-order valence-corrected chi connectivity index (χ3v) is 5.30. The zero-order valence-electron chi connectivity index (χ0n) is 14.1. The summed E-state index contributed by atoms with van der Waals surface area (Å²) >= 11 is 1.76. The van der Waals surface area contributed by atoms with Crippen molar-refractivity contribution < 1.29 is 4.79 Å². The first-order chi connectivity index (χ1) is 12.2. The summed E-state index contributed by atoms with van der Waals surface area (Å²) in [6.07, 6.45) is 6.62. The van der Waals surface area contributed by atoms with Crippen molar-refractivity contribution in [3.05, 3.63) is 77.6 Å². The van der Waals surface area contributed by atoms with Crippen LogP contribution in [0.1, 0.15) is 21.5 Å². The number of rotatable bonds is 3. The van der Waals surface area contributed by atoms with Crippen LogP contribution in [-0.2, 0) is 13.0 Å². The molecule has 0 saturated heterocycles. The summed E-state index contributed by atoms with van der Waals surface area (Å²) in [5, 5.41) is 4.24. The Morgan fingerprint density at radius 1 is 1.12 bits per heavy atom. The van der Waals surface area contributed by atoms with Crippen molar-refractivity contribution in [2.45, 2.75) is 17.9 Å². The first-order valence-electron chi connectivity index (χ1n) is 8.30. The number of amides is 1. The fraction of sp³-hybridized carbons (Fsp3) is 0.200. The Hall–Kier alpha value is -2.53. The van der Waals surface area contributed by atoms with Gasteiger partial charge in [0, 0.05) is 35.9 Å². The van der Waals surface area contributed by atoms with Crippen molar-refractivity contribution >= 4 is 17.7 Å². The molecule has 0 aliphatic carbocycles. The number of thioether (sulfide) groups is 1. The highest BCUT2D eigenvalue weighted by Gasteiger charge is 2.22. The van der Waals surface area contributed by atoms with Crippen LogP contribution in [0.5, 0.6) is 0 Å². The smallest absolute Gasteiger partial charge is 0.254 e. The van der Waals surface area contributed by atoms with E-state index >= 15 is 0 Å². The molecule has 1 aliphatic rings. The van der Waals surface area contributed by atoms with Gasteiger partial charge < -0.3 is 4.90 Å². The lowest BCUT2D eigenvalue weighted by molar-refractivity contribution is 0.0734. The Bertz CT molecular complexity index is 905. The van der Waals surface area contributed by atoms with Gasteiger partial charge in [0.15, 0.2) is 0 Å². The van der Waals surface area contributed by atoms with Crippen LogP contribution in [0.25, 0.3) is 5.69 Å². The number of nitrogens with zero attached hydrogens (tertiary/aromatic N) is 3. The molecule has 126 valence electrons. The fourth-order valence-corrected chi connectivity index (χ4v) is 3.68. The van der Waals surface area contributed by atoms with E-state index in [1.54, 1.807) is 22.6 Å². The van der Waals surface area contributed by atoms with Crippen molar-refractivity contribution in [1.82, 2.24) is 14.7 Å². The molecule has 1 aromatic heterocycles. The first kappa shape index (κ1) is 16.0. The molecular weight excluding hydrogens is 330 g/mol. The highest BCUT2D eigenvalue weighted by Crippen LogP contribution is 2.25. The number of benzene rings is 2. The lowest BCUT2D eigenvalue weighted by Gasteiger charge is -2.29. The second kappa shape index (κ2) is 6.76. The van der Waals surface area contributed by atoms with Gasteiger partial charge >= 0.3 is 0 Å². The third kappa shape index (κ3) is 3.20. The fourth-order valence-electron chi connectivity index (χ4n) is 3.22. The number of fused-ring (bicyclic) bond motifs is 1. The van der Waals surface area contributed by atoms with Gasteiger partial charge in [0.05, 0.1) is 5.69 Å². The molecule has 1 amide bonds. The van der Waals surface area contributed by atoms with Gasteiger partial charge in [0.1, 0.15) is 0 Å². The van der Waals surface area contributed by atoms with Crippen LogP contribution in [0.2, 0.25) is 0 Å². The normalized spacial score (nSPS) is 13.6. The van der Waals surface area contributed by atoms with Gasteiger partial charge in [-0.15, -0.1) is 11.8 Å². The summed E-state index contributed by atoms with van der Waals surface area (Å²) in [5.74, 6) is 0.0774. The third-order valence-electron chi connectivity index (χ3n) is 4.57. The molecule has 0 spiro atoms. The summed E-state index contributed by atoms with van der Waals surface area (Å²) in [6.45, 7) is 1.44. The van der Waals surface area contributed by atoms with Crippen molar-refractivity contribution in [3.8, 4) is 5.69 Å². The maximum atomic E-state index is 12.9. The van der Waals surface area contributed by atoms with Crippen LogP contribution < -0.4 is 0 Å². The van der Waals surface area contributed by atoms with Gasteiger partial charge in [0.25, 0.3) is 5.91 Å². The van der Waals surface area contributed by atoms with E-state index in [1.807, 2.05) is 41.4 Å². The molecule has 2 aromatic carbocycles. The second-order valence-corrected chi connectivity index (χ2v) is 6.99. The van der Waals surface area contributed by atoms with Crippen molar-refractivity contribution in [2.24, 2.45) is 0 Å². The van der Waals surface area contributed by atoms with E-state index in [0.717, 1.165) is 18.7 Å². The largest absolute Gasteiger partial charge is 0.334 e. The van der Waals surface area contributed by atoms with Crippen molar-refractivity contribution in [1.29, 1.82) is 0 Å². The number of carbonyl (C=O) groups is 1. The van der Waals surface area contributed by atoms with Crippen LogP contribution in [0.4, 0.5) is 0 Å². The minimum Gasteiger partial charge on any atom is -0.334 e. The molecule has 0 saturated carbocycles. The van der Waals surface area contributed by atoms with Crippen molar-refractivity contribution in [3.63, 3.8) is 0 Å². The topological polar surface area (TPSA) is 38.1 Å². The van der Waals surface area contributed by atoms with E-state index in [4.69, 9.17) is 0 Å². The van der Waals surface area contributed by atoms with Gasteiger partial charge in [0.2, 0.25) is 0 Å². The highest BCUT2D eigenvalue weighted by atomic mass is 32.2. The summed E-state index contributed by atoms with van der Waals surface area (Å²) in [7, 11) is 0. The summed E-state index contributed by atoms with van der Waals surface area (Å²) in [4.78, 5) is 16.2. The molecule has 5 heteroatoms. The van der Waals surface area contributed by atoms with E-state index in [0.29, 0.717) is 12.1 Å². The molecular formula is C20H19N3OS. The van der Waals surface area contributed by atoms with Gasteiger partial charge in [-0.2, -0.15) is 5.10 Å². The van der Waals surface area contributed by atoms with E-state index < -0.39 is 0 Å². The second-order valence-electron chi connectivity index (χ2n) is 6.11. The van der Waals surface area contributed by atoms with Crippen LogP contribution in [0.15, 0.2) is 65.8 Å². The molecule has 0 N–H and O–H groups in total. The highest BCUT2D eigenvalue weighted by molar-refractivity contribution is 7.98. The standard InChI is InChI=1S/C20H19N3OS/c1-25-19-7-6-17-14-22(11-8-15(17)13-19)20(24)16-4-2-5-18(12-16)23-10-3-9-21-23/h2-7,9-10,12-13H,8,11,14H2,1H3. The Labute approximate surface area is 151 Å². The van der Waals surface area contributed by atoms with E-state index in [2.05, 4.69) is 29.6 Å². The molecule has 0 radical (unpaired) electrons. The number of hydrogen-bond donors (Lipinski definition) is 0. The molecule has 3 aromatic rings. The average Bonchev–Trinajstić information content (AvgIpc) is 3.21. The lowest BCUT2D eigenvalue weighted by atomic mass is 9.99. The Balaban J connectivity index is 1.56. The maximum absolute atomic E-state index is 12.9. The molecule has 25 heavy (non-hydrogen) atoms. The lowest BCUT2D eigenvalue weighted by Crippen LogP contribution is -2.36. The molecule has 4 rings (SSSR count). The van der Waals surface area contributed by atoms with Crippen LogP contribution >= 0.6 is 11.8 Å². The summed E-state index contributed by atoms with van der Waals surface area (Å²) < 4.78 is 1.77. The van der Waals surface area contributed by atoms with Gasteiger partial charge in [-0.1, -0.05) is 12.1 Å². The monoisotopic (exact) mass is 349 g/mol. The Kier molecular flexibility index (Phi) is 4.32. The molecule has 2 heterocycles. The number of aromatic nitrogens is 2. The maximum Gasteiger partial charge on any atom is 0.254 e. The Morgan fingerprint density at radius 2 is 2.04 bits per heavy atom. The van der Waals surface area contributed by atoms with Crippen LogP contribution in [0, 0.1) is 0 Å². The average molecular weight is 349 g/mol. The molecule has 0 fully saturated rings. The molecule has 4 nitrogen and oxygen atoms in total. The number of carbonyl (C=O) groups excluding carboxylic acids is 1. The predicted octanol–water partition coefficient (Wildman–Crippen LogP) is 3.79. The molecule has 0 atom stereocenters. The minimum atomic E-state index is 0.0774. The predicted molar refractivity (Wildman–Crippen MR) is 100 cm³/mol. The van der Waals surface area contributed by atoms with Crippen molar-refractivity contribution in [2.75, 3.05) is 12.8 Å². The van der Waals surface area contributed by atoms with Gasteiger partial charge in [-0.3, -0.25) is 4.79 Å². The minimum absolute atomic E-state index is 0.0774. The zero-order valence-corrected chi connectivity index (χ0v) is 14.9. The molecule has 1 aliphatic heterocycles. The zero-order chi connectivity index (χ0) is 17.2. The van der Waals surface area contributed by atoms with Crippen LogP contribution in [-0.4, -0.2) is 33.4 Å². The quantitative estimate of drug-likeness (QED) is 0.675. The molecule has 0 unspecified atom stereocenters.